The van der Waals surface area contributed by atoms with E-state index in [2.05, 4.69) is 26.6 Å². The van der Waals surface area contributed by atoms with Gasteiger partial charge in [0.15, 0.2) is 5.11 Å². The summed E-state index contributed by atoms with van der Waals surface area (Å²) in [5.74, 6) is -0.708. The van der Waals surface area contributed by atoms with Gasteiger partial charge in [0, 0.05) is 15.7 Å². The first-order valence-electron chi connectivity index (χ1n) is 7.10. The molecule has 0 aliphatic rings. The Hall–Kier alpha value is -2.31. The lowest BCUT2D eigenvalue weighted by atomic mass is 10.0. The molecule has 0 heterocycles. The van der Waals surface area contributed by atoms with Crippen molar-refractivity contribution in [2.45, 2.75) is 0 Å². The van der Waals surface area contributed by atoms with Crippen LogP contribution in [0.25, 0.3) is 10.8 Å². The first-order chi connectivity index (χ1) is 11.5. The van der Waals surface area contributed by atoms with E-state index in [1.54, 1.807) is 18.2 Å². The van der Waals surface area contributed by atoms with Gasteiger partial charge in [-0.1, -0.05) is 46.3 Å². The molecule has 3 rings (SSSR count). The molecule has 0 aliphatic heterocycles. The maximum atomic E-state index is 13.2. The number of carbonyl (C=O) groups excluding carboxylic acids is 1. The summed E-state index contributed by atoms with van der Waals surface area (Å²) >= 11 is 8.61. The molecular weight excluding hydrogens is 391 g/mol. The molecule has 0 unspecified atom stereocenters. The minimum Gasteiger partial charge on any atom is -0.332 e. The van der Waals surface area contributed by atoms with Gasteiger partial charge in [0.25, 0.3) is 5.91 Å². The average molecular weight is 403 g/mol. The molecule has 3 aromatic carbocycles. The first kappa shape index (κ1) is 16.5. The number of halogens is 2. The summed E-state index contributed by atoms with van der Waals surface area (Å²) in [4.78, 5) is 12.5. The van der Waals surface area contributed by atoms with Gasteiger partial charge in [-0.2, -0.15) is 0 Å². The second kappa shape index (κ2) is 7.07. The number of nitrogens with one attached hydrogen (secondary N) is 2. The lowest BCUT2D eigenvalue weighted by molar-refractivity contribution is 0.0979. The number of hydrogen-bond donors (Lipinski definition) is 2. The zero-order valence-electron chi connectivity index (χ0n) is 12.3. The number of hydrogen-bond acceptors (Lipinski definition) is 2. The minimum atomic E-state index is -0.381. The van der Waals surface area contributed by atoms with Crippen molar-refractivity contribution in [1.82, 2.24) is 5.32 Å². The minimum absolute atomic E-state index is 0.109. The highest BCUT2D eigenvalue weighted by molar-refractivity contribution is 9.10. The fourth-order valence-electron chi connectivity index (χ4n) is 2.37. The summed E-state index contributed by atoms with van der Waals surface area (Å²) in [6, 6.07) is 17.0. The van der Waals surface area contributed by atoms with Gasteiger partial charge >= 0.3 is 0 Å². The number of thiocarbonyl (C=S) groups is 1. The summed E-state index contributed by atoms with van der Waals surface area (Å²) < 4.78 is 14.1. The highest BCUT2D eigenvalue weighted by Gasteiger charge is 2.12. The van der Waals surface area contributed by atoms with E-state index in [9.17, 15) is 9.18 Å². The molecule has 24 heavy (non-hydrogen) atoms. The summed E-state index contributed by atoms with van der Waals surface area (Å²) in [6.07, 6.45) is 0. The van der Waals surface area contributed by atoms with E-state index in [0.717, 1.165) is 15.2 Å². The molecule has 0 bridgehead atoms. The number of fused-ring (bicyclic) bond motifs is 1. The molecule has 120 valence electrons. The molecule has 0 saturated carbocycles. The molecule has 1 amide bonds. The molecule has 0 spiro atoms. The van der Waals surface area contributed by atoms with Crippen LogP contribution in [0, 0.1) is 5.82 Å². The molecule has 2 N–H and O–H groups in total. The third-order valence-electron chi connectivity index (χ3n) is 3.42. The van der Waals surface area contributed by atoms with Gasteiger partial charge in [-0.3, -0.25) is 10.1 Å². The number of rotatable bonds is 2. The lowest BCUT2D eigenvalue weighted by Crippen LogP contribution is -2.34. The SMILES string of the molecule is O=C(NC(=S)Nc1cccc(F)c1)c1cccc2c(Br)cccc12. The van der Waals surface area contributed by atoms with Crippen LogP contribution in [0.5, 0.6) is 0 Å². The fraction of sp³-hybridized carbons (Fsp3) is 0. The van der Waals surface area contributed by atoms with Crippen LogP contribution in [-0.2, 0) is 0 Å². The Labute approximate surface area is 152 Å². The Bertz CT molecular complexity index is 945. The number of benzene rings is 3. The van der Waals surface area contributed by atoms with E-state index >= 15 is 0 Å². The molecule has 3 nitrogen and oxygen atoms in total. The zero-order valence-corrected chi connectivity index (χ0v) is 14.7. The third-order valence-corrected chi connectivity index (χ3v) is 4.32. The Morgan fingerprint density at radius 1 is 1.00 bits per heavy atom. The monoisotopic (exact) mass is 402 g/mol. The van der Waals surface area contributed by atoms with Gasteiger partial charge in [-0.25, -0.2) is 4.39 Å². The van der Waals surface area contributed by atoms with Crippen molar-refractivity contribution >= 4 is 55.6 Å². The maximum Gasteiger partial charge on any atom is 0.258 e. The number of carbonyl (C=O) groups is 1. The zero-order chi connectivity index (χ0) is 17.1. The van der Waals surface area contributed by atoms with E-state index in [1.165, 1.54) is 12.1 Å². The van der Waals surface area contributed by atoms with Gasteiger partial charge in [-0.05, 0) is 53.3 Å². The molecule has 0 saturated heterocycles. The van der Waals surface area contributed by atoms with Crippen LogP contribution in [0.1, 0.15) is 10.4 Å². The predicted octanol–water partition coefficient (Wildman–Crippen LogP) is 4.87. The topological polar surface area (TPSA) is 41.1 Å². The van der Waals surface area contributed by atoms with E-state index < -0.39 is 0 Å². The Morgan fingerprint density at radius 2 is 1.71 bits per heavy atom. The Morgan fingerprint density at radius 3 is 2.50 bits per heavy atom. The van der Waals surface area contributed by atoms with Crippen LogP contribution in [0.4, 0.5) is 10.1 Å². The van der Waals surface area contributed by atoms with Crippen LogP contribution in [0.15, 0.2) is 65.1 Å². The van der Waals surface area contributed by atoms with Gasteiger partial charge in [0.05, 0.1) is 0 Å². The number of amides is 1. The van der Waals surface area contributed by atoms with Crippen molar-refractivity contribution in [2.24, 2.45) is 0 Å². The summed E-state index contributed by atoms with van der Waals surface area (Å²) in [6.45, 7) is 0. The highest BCUT2D eigenvalue weighted by atomic mass is 79.9. The molecule has 6 heteroatoms. The van der Waals surface area contributed by atoms with Gasteiger partial charge in [0.2, 0.25) is 0 Å². The van der Waals surface area contributed by atoms with E-state index in [4.69, 9.17) is 12.2 Å². The van der Waals surface area contributed by atoms with Gasteiger partial charge < -0.3 is 5.32 Å². The van der Waals surface area contributed by atoms with Gasteiger partial charge in [0.1, 0.15) is 5.82 Å². The van der Waals surface area contributed by atoms with Crippen LogP contribution in [0.2, 0.25) is 0 Å². The van der Waals surface area contributed by atoms with Gasteiger partial charge in [-0.15, -0.1) is 0 Å². The summed E-state index contributed by atoms with van der Waals surface area (Å²) in [5, 5.41) is 7.28. The summed E-state index contributed by atoms with van der Waals surface area (Å²) in [7, 11) is 0. The highest BCUT2D eigenvalue weighted by Crippen LogP contribution is 2.26. The maximum absolute atomic E-state index is 13.2. The average Bonchev–Trinajstić information content (AvgIpc) is 2.54. The van der Waals surface area contributed by atoms with E-state index in [0.29, 0.717) is 11.3 Å². The third kappa shape index (κ3) is 3.60. The van der Waals surface area contributed by atoms with Crippen molar-refractivity contribution in [3.8, 4) is 0 Å². The van der Waals surface area contributed by atoms with Crippen LogP contribution < -0.4 is 10.6 Å². The van der Waals surface area contributed by atoms with E-state index in [-0.39, 0.29) is 16.8 Å². The molecule has 0 aromatic heterocycles. The van der Waals surface area contributed by atoms with Crippen LogP contribution >= 0.6 is 28.1 Å². The van der Waals surface area contributed by atoms with Crippen molar-refractivity contribution in [3.05, 3.63) is 76.5 Å². The quantitative estimate of drug-likeness (QED) is 0.600. The molecule has 0 radical (unpaired) electrons. The van der Waals surface area contributed by atoms with E-state index in [1.807, 2.05) is 30.3 Å². The number of anilines is 1. The van der Waals surface area contributed by atoms with Crippen molar-refractivity contribution in [2.75, 3.05) is 5.32 Å². The smallest absolute Gasteiger partial charge is 0.258 e. The second-order valence-corrected chi connectivity index (χ2v) is 6.32. The Kier molecular flexibility index (Phi) is 4.87. The molecule has 3 aromatic rings. The molecular formula is C18H12BrFN2OS. The second-order valence-electron chi connectivity index (χ2n) is 5.06. The fourth-order valence-corrected chi connectivity index (χ4v) is 3.08. The first-order valence-corrected chi connectivity index (χ1v) is 8.30. The lowest BCUT2D eigenvalue weighted by Gasteiger charge is -2.11. The largest absolute Gasteiger partial charge is 0.332 e. The van der Waals surface area contributed by atoms with Crippen LogP contribution in [0.3, 0.4) is 0 Å². The Balaban J connectivity index is 1.80. The molecule has 0 atom stereocenters. The molecule has 0 fully saturated rings. The van der Waals surface area contributed by atoms with Crippen molar-refractivity contribution in [3.63, 3.8) is 0 Å². The normalized spacial score (nSPS) is 10.4. The standard InChI is InChI=1S/C18H12BrFN2OS/c19-16-9-3-6-13-14(16)7-2-8-15(13)17(23)22-18(24)21-12-5-1-4-11(20)10-12/h1-10H,(H2,21,22,23,24). The van der Waals surface area contributed by atoms with Crippen LogP contribution in [-0.4, -0.2) is 11.0 Å². The van der Waals surface area contributed by atoms with Crippen molar-refractivity contribution < 1.29 is 9.18 Å². The summed E-state index contributed by atoms with van der Waals surface area (Å²) in [5.41, 5.74) is 0.984. The van der Waals surface area contributed by atoms with Crippen molar-refractivity contribution in [1.29, 1.82) is 0 Å². The molecule has 0 aliphatic carbocycles. The predicted molar refractivity (Wildman–Crippen MR) is 102 cm³/mol.